The molecular formula is C15H18ClN3O. The molecule has 1 aliphatic heterocycles. The van der Waals surface area contributed by atoms with Crippen LogP contribution in [0.5, 0.6) is 0 Å². The number of anilines is 1. The zero-order valence-corrected chi connectivity index (χ0v) is 12.3. The van der Waals surface area contributed by atoms with Crippen molar-refractivity contribution in [3.63, 3.8) is 0 Å². The Bertz CT molecular complexity index is 611. The van der Waals surface area contributed by atoms with E-state index in [2.05, 4.69) is 22.4 Å². The van der Waals surface area contributed by atoms with Crippen molar-refractivity contribution in [1.29, 1.82) is 0 Å². The number of rotatable bonds is 3. The number of nitrogens with zero attached hydrogens (tertiary/aromatic N) is 2. The highest BCUT2D eigenvalue weighted by molar-refractivity contribution is 6.34. The molecule has 0 atom stereocenters. The lowest BCUT2D eigenvalue weighted by Crippen LogP contribution is -2.33. The molecule has 0 bridgehead atoms. The van der Waals surface area contributed by atoms with E-state index in [9.17, 15) is 0 Å². The first-order chi connectivity index (χ1) is 9.68. The maximum atomic E-state index is 6.09. The molecule has 2 heterocycles. The third-order valence-corrected chi connectivity index (χ3v) is 4.30. The van der Waals surface area contributed by atoms with Crippen molar-refractivity contribution in [2.24, 2.45) is 5.41 Å². The lowest BCUT2D eigenvalue weighted by molar-refractivity contribution is 0.0300. The van der Waals surface area contributed by atoms with Crippen molar-refractivity contribution in [1.82, 2.24) is 10.2 Å². The molecular weight excluding hydrogens is 274 g/mol. The number of halogens is 1. The van der Waals surface area contributed by atoms with Crippen LogP contribution in [0.3, 0.4) is 0 Å². The van der Waals surface area contributed by atoms with E-state index in [1.54, 1.807) is 0 Å². The highest BCUT2D eigenvalue weighted by Gasteiger charge is 2.27. The molecule has 1 N–H and O–H groups in total. The van der Waals surface area contributed by atoms with Gasteiger partial charge in [0, 0.05) is 30.5 Å². The molecule has 20 heavy (non-hydrogen) atoms. The van der Waals surface area contributed by atoms with Crippen LogP contribution in [-0.4, -0.2) is 30.0 Å². The van der Waals surface area contributed by atoms with Crippen molar-refractivity contribution in [2.75, 3.05) is 25.1 Å². The van der Waals surface area contributed by atoms with Crippen LogP contribution in [0.15, 0.2) is 24.3 Å². The fourth-order valence-corrected chi connectivity index (χ4v) is 2.74. The Morgan fingerprint density at radius 1 is 1.20 bits per heavy atom. The number of hydrogen-bond acceptors (Lipinski definition) is 4. The van der Waals surface area contributed by atoms with E-state index in [0.29, 0.717) is 5.15 Å². The summed E-state index contributed by atoms with van der Waals surface area (Å²) in [6.07, 6.45) is 2.14. The Kier molecular flexibility index (Phi) is 3.76. The van der Waals surface area contributed by atoms with Gasteiger partial charge >= 0.3 is 0 Å². The molecule has 0 aliphatic carbocycles. The van der Waals surface area contributed by atoms with Crippen LogP contribution in [0.2, 0.25) is 5.15 Å². The van der Waals surface area contributed by atoms with Gasteiger partial charge < -0.3 is 10.1 Å². The van der Waals surface area contributed by atoms with Crippen molar-refractivity contribution in [2.45, 2.75) is 19.8 Å². The quantitative estimate of drug-likeness (QED) is 0.940. The minimum absolute atomic E-state index is 0.251. The van der Waals surface area contributed by atoms with Gasteiger partial charge in [-0.05, 0) is 18.3 Å². The smallest absolute Gasteiger partial charge is 0.159 e. The summed E-state index contributed by atoms with van der Waals surface area (Å²) in [6.45, 7) is 4.83. The average molecular weight is 292 g/mol. The van der Waals surface area contributed by atoms with E-state index in [-0.39, 0.29) is 5.41 Å². The molecule has 106 valence electrons. The van der Waals surface area contributed by atoms with E-state index >= 15 is 0 Å². The molecule has 0 radical (unpaired) electrons. The number of aromatic nitrogens is 2. The largest absolute Gasteiger partial charge is 0.381 e. The third kappa shape index (κ3) is 2.72. The summed E-state index contributed by atoms with van der Waals surface area (Å²) in [5, 5.41) is 14.1. The Labute approximate surface area is 123 Å². The molecule has 4 nitrogen and oxygen atoms in total. The summed E-state index contributed by atoms with van der Waals surface area (Å²) in [5.41, 5.74) is 0.251. The van der Waals surface area contributed by atoms with Crippen LogP contribution in [-0.2, 0) is 4.74 Å². The van der Waals surface area contributed by atoms with Crippen LogP contribution >= 0.6 is 11.6 Å². The first-order valence-electron chi connectivity index (χ1n) is 6.91. The van der Waals surface area contributed by atoms with Gasteiger partial charge in [-0.1, -0.05) is 42.8 Å². The first-order valence-corrected chi connectivity index (χ1v) is 7.28. The van der Waals surface area contributed by atoms with Crippen LogP contribution < -0.4 is 5.32 Å². The first kappa shape index (κ1) is 13.6. The van der Waals surface area contributed by atoms with Gasteiger partial charge in [-0.15, -0.1) is 10.2 Å². The lowest BCUT2D eigenvalue weighted by Gasteiger charge is -2.33. The number of fused-ring (bicyclic) bond motifs is 1. The van der Waals surface area contributed by atoms with Crippen molar-refractivity contribution in [3.05, 3.63) is 29.4 Å². The zero-order chi connectivity index (χ0) is 14.0. The second kappa shape index (κ2) is 5.54. The van der Waals surface area contributed by atoms with Gasteiger partial charge in [0.05, 0.1) is 0 Å². The van der Waals surface area contributed by atoms with Gasteiger partial charge in [0.25, 0.3) is 0 Å². The predicted octanol–water partition coefficient (Wildman–Crippen LogP) is 3.51. The normalized spacial score (nSPS) is 18.1. The molecule has 3 rings (SSSR count). The van der Waals surface area contributed by atoms with Crippen LogP contribution in [0.1, 0.15) is 19.8 Å². The van der Waals surface area contributed by atoms with Gasteiger partial charge in [0.2, 0.25) is 0 Å². The predicted molar refractivity (Wildman–Crippen MR) is 81.2 cm³/mol. The van der Waals surface area contributed by atoms with Gasteiger partial charge in [-0.3, -0.25) is 0 Å². The van der Waals surface area contributed by atoms with E-state index in [4.69, 9.17) is 16.3 Å². The summed E-state index contributed by atoms with van der Waals surface area (Å²) in [4.78, 5) is 0. The third-order valence-electron chi connectivity index (χ3n) is 4.02. The summed E-state index contributed by atoms with van der Waals surface area (Å²) < 4.78 is 5.43. The van der Waals surface area contributed by atoms with Crippen molar-refractivity contribution in [3.8, 4) is 0 Å². The SMILES string of the molecule is CC1(CNc2nnc(Cl)c3ccccc23)CCOCC1. The monoisotopic (exact) mass is 291 g/mol. The fourth-order valence-electron chi connectivity index (χ4n) is 2.54. The Morgan fingerprint density at radius 2 is 1.90 bits per heavy atom. The van der Waals surface area contributed by atoms with Gasteiger partial charge in [0.1, 0.15) is 0 Å². The van der Waals surface area contributed by atoms with Crippen LogP contribution in [0.4, 0.5) is 5.82 Å². The molecule has 0 saturated carbocycles. The van der Waals surface area contributed by atoms with Crippen molar-refractivity contribution < 1.29 is 4.74 Å². The molecule has 1 aliphatic rings. The van der Waals surface area contributed by atoms with E-state index < -0.39 is 0 Å². The fraction of sp³-hybridized carbons (Fsp3) is 0.467. The van der Waals surface area contributed by atoms with Gasteiger partial charge in [-0.2, -0.15) is 0 Å². The minimum atomic E-state index is 0.251. The van der Waals surface area contributed by atoms with E-state index in [1.165, 1.54) is 0 Å². The molecule has 1 fully saturated rings. The Balaban J connectivity index is 1.82. The lowest BCUT2D eigenvalue weighted by atomic mass is 9.82. The summed E-state index contributed by atoms with van der Waals surface area (Å²) >= 11 is 6.09. The van der Waals surface area contributed by atoms with Crippen LogP contribution in [0.25, 0.3) is 10.8 Å². The molecule has 2 aromatic rings. The average Bonchev–Trinajstić information content (AvgIpc) is 2.48. The summed E-state index contributed by atoms with van der Waals surface area (Å²) in [5.74, 6) is 0.803. The molecule has 0 spiro atoms. The zero-order valence-electron chi connectivity index (χ0n) is 11.5. The second-order valence-electron chi connectivity index (χ2n) is 5.66. The number of hydrogen-bond donors (Lipinski definition) is 1. The number of nitrogens with one attached hydrogen (secondary N) is 1. The molecule has 1 saturated heterocycles. The Morgan fingerprint density at radius 3 is 2.65 bits per heavy atom. The van der Waals surface area contributed by atoms with Crippen LogP contribution in [0, 0.1) is 5.41 Å². The molecule has 0 amide bonds. The Hall–Kier alpha value is -1.39. The summed E-state index contributed by atoms with van der Waals surface area (Å²) in [7, 11) is 0. The second-order valence-corrected chi connectivity index (χ2v) is 6.02. The van der Waals surface area contributed by atoms with Crippen molar-refractivity contribution >= 4 is 28.2 Å². The van der Waals surface area contributed by atoms with Gasteiger partial charge in [0.15, 0.2) is 11.0 Å². The molecule has 0 unspecified atom stereocenters. The molecule has 5 heteroatoms. The van der Waals surface area contributed by atoms with Gasteiger partial charge in [-0.25, -0.2) is 0 Å². The number of ether oxygens (including phenoxy) is 1. The number of benzene rings is 1. The highest BCUT2D eigenvalue weighted by atomic mass is 35.5. The summed E-state index contributed by atoms with van der Waals surface area (Å²) in [6, 6.07) is 7.93. The highest BCUT2D eigenvalue weighted by Crippen LogP contribution is 2.31. The van der Waals surface area contributed by atoms with E-state index in [1.807, 2.05) is 24.3 Å². The minimum Gasteiger partial charge on any atom is -0.381 e. The maximum absolute atomic E-state index is 6.09. The maximum Gasteiger partial charge on any atom is 0.159 e. The van der Waals surface area contributed by atoms with E-state index in [0.717, 1.165) is 49.2 Å². The standard InChI is InChI=1S/C15H18ClN3O/c1-15(6-8-20-9-7-15)10-17-14-12-5-3-2-4-11(12)13(16)18-19-14/h2-5H,6-10H2,1H3,(H,17,19). The molecule has 1 aromatic carbocycles. The molecule has 1 aromatic heterocycles. The topological polar surface area (TPSA) is 47.0 Å².